The molecule has 4 N–H and O–H groups in total. The Morgan fingerprint density at radius 1 is 1.12 bits per heavy atom. The van der Waals surface area contributed by atoms with Crippen LogP contribution in [0.3, 0.4) is 0 Å². The van der Waals surface area contributed by atoms with Crippen molar-refractivity contribution >= 4 is 39.3 Å². The first-order valence-electron chi connectivity index (χ1n) is 4.75. The lowest BCUT2D eigenvalue weighted by Crippen LogP contribution is -1.99. The number of hydrogen-bond acceptors (Lipinski definition) is 6. The van der Waals surface area contributed by atoms with Gasteiger partial charge in [0.1, 0.15) is 16.7 Å². The van der Waals surface area contributed by atoms with Gasteiger partial charge in [-0.1, -0.05) is 0 Å². The number of halogens is 1. The van der Waals surface area contributed by atoms with Crippen LogP contribution in [0.15, 0.2) is 32.9 Å². The molecule has 2 aromatic rings. The number of aryl methyl sites for hydroxylation is 1. The molecule has 17 heavy (non-hydrogen) atoms. The molecule has 0 saturated carbocycles. The fourth-order valence-electron chi connectivity index (χ4n) is 1.18. The zero-order chi connectivity index (χ0) is 12.4. The fourth-order valence-corrected chi connectivity index (χ4v) is 2.21. The van der Waals surface area contributed by atoms with Crippen molar-refractivity contribution in [2.45, 2.75) is 17.1 Å². The maximum absolute atomic E-state index is 5.59. The fraction of sp³-hybridized carbons (Fsp3) is 0.100. The molecule has 0 amide bonds. The van der Waals surface area contributed by atoms with Crippen molar-refractivity contribution in [2.75, 3.05) is 11.5 Å². The van der Waals surface area contributed by atoms with Crippen LogP contribution in [0.25, 0.3) is 0 Å². The molecule has 7 heteroatoms. The molecule has 0 bridgehead atoms. The van der Waals surface area contributed by atoms with Crippen LogP contribution in [0.2, 0.25) is 0 Å². The molecule has 0 spiro atoms. The lowest BCUT2D eigenvalue weighted by atomic mass is 10.4. The van der Waals surface area contributed by atoms with E-state index in [0.29, 0.717) is 16.8 Å². The molecule has 0 unspecified atom stereocenters. The van der Waals surface area contributed by atoms with E-state index in [1.54, 1.807) is 0 Å². The molecule has 0 radical (unpaired) electrons. The Hall–Kier alpha value is -1.34. The Balaban J connectivity index is 2.28. The summed E-state index contributed by atoms with van der Waals surface area (Å²) in [4.78, 5) is 12.5. The van der Waals surface area contributed by atoms with Crippen molar-refractivity contribution < 1.29 is 0 Å². The lowest BCUT2D eigenvalue weighted by Gasteiger charge is -2.03. The van der Waals surface area contributed by atoms with Gasteiger partial charge in [0.15, 0.2) is 5.16 Å². The van der Waals surface area contributed by atoms with Crippen LogP contribution in [-0.2, 0) is 0 Å². The summed E-state index contributed by atoms with van der Waals surface area (Å²) in [5, 5.41) is 1.30. The quantitative estimate of drug-likeness (QED) is 0.827. The van der Waals surface area contributed by atoms with Gasteiger partial charge in [0.05, 0.1) is 5.69 Å². The van der Waals surface area contributed by atoms with Gasteiger partial charge in [-0.2, -0.15) is 0 Å². The van der Waals surface area contributed by atoms with E-state index in [0.717, 1.165) is 15.2 Å². The van der Waals surface area contributed by atoms with Crippen LogP contribution in [0.1, 0.15) is 5.69 Å². The Bertz CT molecular complexity index is 540. The second-order valence-corrected chi connectivity index (χ2v) is 5.16. The van der Waals surface area contributed by atoms with Gasteiger partial charge in [-0.25, -0.2) is 15.0 Å². The van der Waals surface area contributed by atoms with E-state index < -0.39 is 0 Å². The Morgan fingerprint density at radius 3 is 2.35 bits per heavy atom. The van der Waals surface area contributed by atoms with Gasteiger partial charge in [-0.3, -0.25) is 0 Å². The van der Waals surface area contributed by atoms with Crippen molar-refractivity contribution in [1.82, 2.24) is 15.0 Å². The molecule has 5 nitrogen and oxygen atoms in total. The van der Waals surface area contributed by atoms with E-state index in [1.807, 2.05) is 19.1 Å². The Morgan fingerprint density at radius 2 is 1.76 bits per heavy atom. The average molecular weight is 312 g/mol. The highest BCUT2D eigenvalue weighted by Gasteiger charge is 2.05. The van der Waals surface area contributed by atoms with Crippen molar-refractivity contribution in [3.63, 3.8) is 0 Å². The molecular formula is C10H10BrN5S. The highest BCUT2D eigenvalue weighted by atomic mass is 79.9. The largest absolute Gasteiger partial charge is 0.383 e. The predicted molar refractivity (Wildman–Crippen MR) is 71.7 cm³/mol. The topological polar surface area (TPSA) is 90.7 Å². The zero-order valence-electron chi connectivity index (χ0n) is 9.01. The van der Waals surface area contributed by atoms with Crippen LogP contribution in [0.5, 0.6) is 0 Å². The maximum Gasteiger partial charge on any atom is 0.197 e. The van der Waals surface area contributed by atoms with E-state index in [9.17, 15) is 0 Å². The molecule has 0 atom stereocenters. The number of nitrogens with zero attached hydrogens (tertiary/aromatic N) is 3. The summed E-state index contributed by atoms with van der Waals surface area (Å²) in [5.74, 6) is 0.711. The summed E-state index contributed by atoms with van der Waals surface area (Å²) in [6, 6.07) is 5.33. The van der Waals surface area contributed by atoms with Crippen LogP contribution in [-0.4, -0.2) is 15.0 Å². The summed E-state index contributed by atoms with van der Waals surface area (Å²) in [6.45, 7) is 1.92. The minimum absolute atomic E-state index is 0.355. The van der Waals surface area contributed by atoms with Gasteiger partial charge in [0.2, 0.25) is 0 Å². The first-order chi connectivity index (χ1) is 8.04. The van der Waals surface area contributed by atoms with Gasteiger partial charge in [0.25, 0.3) is 0 Å². The minimum atomic E-state index is 0.355. The molecular weight excluding hydrogens is 302 g/mol. The van der Waals surface area contributed by atoms with E-state index in [2.05, 4.69) is 30.9 Å². The predicted octanol–water partition coefficient (Wildman–Crippen LogP) is 2.26. The van der Waals surface area contributed by atoms with Crippen molar-refractivity contribution in [3.05, 3.63) is 28.4 Å². The summed E-state index contributed by atoms with van der Waals surface area (Å²) in [5.41, 5.74) is 12.1. The third-order valence-electron chi connectivity index (χ3n) is 1.94. The van der Waals surface area contributed by atoms with Gasteiger partial charge in [0, 0.05) is 10.5 Å². The SMILES string of the molecule is Cc1nc(Sc2nc(N)cc(N)n2)ccc1Br. The number of aromatic nitrogens is 3. The summed E-state index contributed by atoms with van der Waals surface area (Å²) in [7, 11) is 0. The maximum atomic E-state index is 5.59. The monoisotopic (exact) mass is 311 g/mol. The summed E-state index contributed by atoms with van der Waals surface area (Å²) < 4.78 is 0.967. The molecule has 0 aliphatic rings. The number of nitrogens with two attached hydrogens (primary N) is 2. The van der Waals surface area contributed by atoms with Gasteiger partial charge >= 0.3 is 0 Å². The van der Waals surface area contributed by atoms with Crippen LogP contribution < -0.4 is 11.5 Å². The summed E-state index contributed by atoms with van der Waals surface area (Å²) in [6.07, 6.45) is 0. The molecule has 2 rings (SSSR count). The average Bonchev–Trinajstić information content (AvgIpc) is 2.22. The normalized spacial score (nSPS) is 10.5. The lowest BCUT2D eigenvalue weighted by molar-refractivity contribution is 0.970. The van der Waals surface area contributed by atoms with Crippen LogP contribution in [0, 0.1) is 6.92 Å². The van der Waals surface area contributed by atoms with Crippen LogP contribution in [0.4, 0.5) is 11.6 Å². The second-order valence-electron chi connectivity index (χ2n) is 3.32. The second kappa shape index (κ2) is 4.89. The van der Waals surface area contributed by atoms with Gasteiger partial charge in [-0.15, -0.1) is 0 Å². The molecule has 88 valence electrons. The molecule has 0 fully saturated rings. The number of anilines is 2. The molecule has 2 aromatic heterocycles. The molecule has 0 aromatic carbocycles. The van der Waals surface area contributed by atoms with Crippen LogP contribution >= 0.6 is 27.7 Å². The first-order valence-corrected chi connectivity index (χ1v) is 6.36. The van der Waals surface area contributed by atoms with Gasteiger partial charge < -0.3 is 11.5 Å². The number of hydrogen-bond donors (Lipinski definition) is 2. The highest BCUT2D eigenvalue weighted by Crippen LogP contribution is 2.26. The van der Waals surface area contributed by atoms with Crippen molar-refractivity contribution in [2.24, 2.45) is 0 Å². The number of nitrogen functional groups attached to an aromatic ring is 2. The van der Waals surface area contributed by atoms with E-state index in [4.69, 9.17) is 11.5 Å². The minimum Gasteiger partial charge on any atom is -0.383 e. The molecule has 0 saturated heterocycles. The molecule has 0 aliphatic heterocycles. The van der Waals surface area contributed by atoms with E-state index in [1.165, 1.54) is 17.8 Å². The number of rotatable bonds is 2. The third kappa shape index (κ3) is 3.07. The molecule has 2 heterocycles. The van der Waals surface area contributed by atoms with E-state index >= 15 is 0 Å². The third-order valence-corrected chi connectivity index (χ3v) is 3.58. The van der Waals surface area contributed by atoms with Crippen molar-refractivity contribution in [3.8, 4) is 0 Å². The Kier molecular flexibility index (Phi) is 3.49. The van der Waals surface area contributed by atoms with Gasteiger partial charge in [-0.05, 0) is 46.7 Å². The number of pyridine rings is 1. The molecule has 0 aliphatic carbocycles. The Labute approximate surface area is 111 Å². The standard InChI is InChI=1S/C10H10BrN5S/c1-5-6(11)2-3-9(14-5)17-10-15-7(12)4-8(13)16-10/h2-4H,1H3,(H4,12,13,15,16). The first kappa shape index (κ1) is 12.1. The smallest absolute Gasteiger partial charge is 0.197 e. The van der Waals surface area contributed by atoms with E-state index in [-0.39, 0.29) is 0 Å². The van der Waals surface area contributed by atoms with Crippen molar-refractivity contribution in [1.29, 1.82) is 0 Å². The zero-order valence-corrected chi connectivity index (χ0v) is 11.4. The highest BCUT2D eigenvalue weighted by molar-refractivity contribution is 9.10. The summed E-state index contributed by atoms with van der Waals surface area (Å²) >= 11 is 4.72.